The van der Waals surface area contributed by atoms with Crippen LogP contribution in [0, 0.1) is 46.3 Å². The predicted molar refractivity (Wildman–Crippen MR) is 112 cm³/mol. The maximum Gasteiger partial charge on any atom is 0.305 e. The molecule has 0 amide bonds. The van der Waals surface area contributed by atoms with Gasteiger partial charge in [-0.05, 0) is 86.4 Å². The van der Waals surface area contributed by atoms with Crippen LogP contribution in [-0.2, 0) is 14.3 Å². The summed E-state index contributed by atoms with van der Waals surface area (Å²) in [6.45, 7) is 7.06. The van der Waals surface area contributed by atoms with Crippen LogP contribution in [0.3, 0.4) is 0 Å². The van der Waals surface area contributed by atoms with Crippen LogP contribution in [-0.4, -0.2) is 29.1 Å². The van der Waals surface area contributed by atoms with Crippen molar-refractivity contribution in [2.45, 2.75) is 84.2 Å². The number of aliphatic hydroxyl groups is 1. The molecule has 4 heteroatoms. The summed E-state index contributed by atoms with van der Waals surface area (Å²) in [6, 6.07) is 0. The van der Waals surface area contributed by atoms with E-state index in [1.54, 1.807) is 5.57 Å². The summed E-state index contributed by atoms with van der Waals surface area (Å²) in [6.07, 6.45) is 7.94. The van der Waals surface area contributed by atoms with E-state index in [9.17, 15) is 14.7 Å². The maximum absolute atomic E-state index is 12.2. The number of esters is 1. The molecule has 9 atom stereocenters. The molecular weight excluding hydrogens is 376 g/mol. The SMILES string of the molecule is CCOC(=O)CC[C@]1(O)C2C[C@H]2C2C3C4CC4=C4CC(=O)CC[C@]4(C)C3CC[C@@]21C. The molecule has 0 radical (unpaired) electrons. The minimum absolute atomic E-state index is 0.0830. The third kappa shape index (κ3) is 2.27. The Kier molecular flexibility index (Phi) is 3.90. The van der Waals surface area contributed by atoms with Crippen LogP contribution < -0.4 is 0 Å². The lowest BCUT2D eigenvalue weighted by molar-refractivity contribution is -0.160. The predicted octanol–water partition coefficient (Wildman–Crippen LogP) is 4.45. The van der Waals surface area contributed by atoms with Crippen molar-refractivity contribution in [2.24, 2.45) is 46.3 Å². The van der Waals surface area contributed by atoms with Gasteiger partial charge in [0.05, 0.1) is 12.2 Å². The zero-order valence-corrected chi connectivity index (χ0v) is 18.7. The van der Waals surface area contributed by atoms with Gasteiger partial charge in [0, 0.05) is 24.7 Å². The third-order valence-corrected chi connectivity index (χ3v) is 10.9. The molecule has 6 rings (SSSR count). The lowest BCUT2D eigenvalue weighted by Gasteiger charge is -2.59. The highest BCUT2D eigenvalue weighted by molar-refractivity contribution is 5.83. The summed E-state index contributed by atoms with van der Waals surface area (Å²) < 4.78 is 5.17. The first-order valence-electron chi connectivity index (χ1n) is 12.4. The van der Waals surface area contributed by atoms with Crippen LogP contribution in [0.25, 0.3) is 0 Å². The molecule has 30 heavy (non-hydrogen) atoms. The fourth-order valence-electron chi connectivity index (χ4n) is 9.43. The Balaban J connectivity index is 1.33. The summed E-state index contributed by atoms with van der Waals surface area (Å²) in [7, 11) is 0. The number of carbonyl (C=O) groups is 2. The fraction of sp³-hybridized carbons (Fsp3) is 0.846. The number of allylic oxidation sites excluding steroid dienone is 2. The quantitative estimate of drug-likeness (QED) is 0.547. The molecule has 0 heterocycles. The van der Waals surface area contributed by atoms with Crippen molar-refractivity contribution in [2.75, 3.05) is 6.61 Å². The van der Waals surface area contributed by atoms with Gasteiger partial charge >= 0.3 is 5.97 Å². The smallest absolute Gasteiger partial charge is 0.305 e. The average molecular weight is 413 g/mol. The molecule has 6 aliphatic rings. The molecule has 0 aromatic heterocycles. The molecule has 0 spiro atoms. The van der Waals surface area contributed by atoms with Gasteiger partial charge in [0.2, 0.25) is 0 Å². The van der Waals surface area contributed by atoms with E-state index >= 15 is 0 Å². The van der Waals surface area contributed by atoms with Gasteiger partial charge in [-0.3, -0.25) is 9.59 Å². The Bertz CT molecular complexity index is 859. The van der Waals surface area contributed by atoms with Crippen LogP contribution >= 0.6 is 0 Å². The van der Waals surface area contributed by atoms with Crippen molar-refractivity contribution in [3.8, 4) is 0 Å². The monoisotopic (exact) mass is 412 g/mol. The van der Waals surface area contributed by atoms with Gasteiger partial charge in [-0.1, -0.05) is 25.0 Å². The van der Waals surface area contributed by atoms with Gasteiger partial charge in [0.1, 0.15) is 5.78 Å². The zero-order chi connectivity index (χ0) is 21.1. The summed E-state index contributed by atoms with van der Waals surface area (Å²) in [5.74, 6) is 3.86. The second-order valence-electron chi connectivity index (χ2n) is 11.8. The summed E-state index contributed by atoms with van der Waals surface area (Å²) >= 11 is 0. The Morgan fingerprint density at radius 3 is 2.80 bits per heavy atom. The zero-order valence-electron chi connectivity index (χ0n) is 18.7. The molecule has 0 aromatic rings. The van der Waals surface area contributed by atoms with Crippen molar-refractivity contribution in [1.82, 2.24) is 0 Å². The molecule has 0 bridgehead atoms. The van der Waals surface area contributed by atoms with E-state index in [1.807, 2.05) is 6.92 Å². The van der Waals surface area contributed by atoms with Gasteiger partial charge in [-0.2, -0.15) is 0 Å². The van der Waals surface area contributed by atoms with Crippen LogP contribution in [0.5, 0.6) is 0 Å². The first kappa shape index (κ1) is 19.5. The largest absolute Gasteiger partial charge is 0.466 e. The van der Waals surface area contributed by atoms with E-state index in [4.69, 9.17) is 4.74 Å². The van der Waals surface area contributed by atoms with E-state index in [2.05, 4.69) is 13.8 Å². The van der Waals surface area contributed by atoms with E-state index in [0.29, 0.717) is 67.2 Å². The molecule has 0 aromatic carbocycles. The molecule has 5 unspecified atom stereocenters. The highest BCUT2D eigenvalue weighted by atomic mass is 16.5. The first-order chi connectivity index (χ1) is 14.2. The van der Waals surface area contributed by atoms with Gasteiger partial charge in [-0.25, -0.2) is 0 Å². The number of Topliss-reactive ketones (excluding diaryl/α,β-unsaturated/α-hetero) is 1. The van der Waals surface area contributed by atoms with Crippen molar-refractivity contribution in [1.29, 1.82) is 0 Å². The molecule has 5 saturated carbocycles. The topological polar surface area (TPSA) is 63.6 Å². The van der Waals surface area contributed by atoms with Gasteiger partial charge in [0.25, 0.3) is 0 Å². The Hall–Kier alpha value is -1.16. The summed E-state index contributed by atoms with van der Waals surface area (Å²) in [5, 5.41) is 12.0. The van der Waals surface area contributed by atoms with Crippen molar-refractivity contribution in [3.05, 3.63) is 11.1 Å². The Morgan fingerprint density at radius 1 is 1.23 bits per heavy atom. The van der Waals surface area contributed by atoms with Crippen molar-refractivity contribution < 1.29 is 19.4 Å². The van der Waals surface area contributed by atoms with Gasteiger partial charge < -0.3 is 9.84 Å². The summed E-state index contributed by atoms with van der Waals surface area (Å²) in [5.41, 5.74) is 2.55. The van der Waals surface area contributed by atoms with E-state index in [-0.39, 0.29) is 16.8 Å². The van der Waals surface area contributed by atoms with Crippen molar-refractivity contribution >= 4 is 11.8 Å². The highest BCUT2D eigenvalue weighted by Crippen LogP contribution is 2.80. The highest BCUT2D eigenvalue weighted by Gasteiger charge is 2.77. The van der Waals surface area contributed by atoms with Gasteiger partial charge in [0.15, 0.2) is 0 Å². The molecule has 6 aliphatic carbocycles. The Morgan fingerprint density at radius 2 is 2.03 bits per heavy atom. The van der Waals surface area contributed by atoms with E-state index in [1.165, 1.54) is 12.0 Å². The number of carbonyl (C=O) groups excluding carboxylic acids is 2. The van der Waals surface area contributed by atoms with Crippen molar-refractivity contribution in [3.63, 3.8) is 0 Å². The van der Waals surface area contributed by atoms with Gasteiger partial charge in [-0.15, -0.1) is 0 Å². The number of ether oxygens (including phenoxy) is 1. The minimum atomic E-state index is -0.720. The fourth-order valence-corrected chi connectivity index (χ4v) is 9.43. The number of fused-ring (bicyclic) bond motifs is 9. The molecule has 1 N–H and O–H groups in total. The minimum Gasteiger partial charge on any atom is -0.466 e. The number of rotatable bonds is 4. The molecule has 0 saturated heterocycles. The number of hydrogen-bond acceptors (Lipinski definition) is 4. The Labute approximate surface area is 179 Å². The molecular formula is C26H36O4. The number of hydrogen-bond donors (Lipinski definition) is 1. The second-order valence-corrected chi connectivity index (χ2v) is 11.8. The normalized spacial score (nSPS) is 52.6. The average Bonchev–Trinajstić information content (AvgIpc) is 3.60. The van der Waals surface area contributed by atoms with Crippen LogP contribution in [0.15, 0.2) is 11.1 Å². The molecule has 4 nitrogen and oxygen atoms in total. The van der Waals surface area contributed by atoms with Crippen LogP contribution in [0.2, 0.25) is 0 Å². The standard InChI is InChI=1S/C26H36O4/c1-4-30-21(28)7-10-26(29)20-13-17(20)23-22-16-12-15(16)19-11-14(27)5-8-24(19,2)18(22)6-9-25(23,26)3/h16-18,20,22-23,29H,4-13H2,1-3H3/t16?,17-,18?,20?,22?,23?,24-,25+,26+/m1/s1. The first-order valence-corrected chi connectivity index (χ1v) is 12.4. The van der Waals surface area contributed by atoms with E-state index in [0.717, 1.165) is 32.1 Å². The number of ketones is 1. The lowest BCUT2D eigenvalue weighted by atomic mass is 9.45. The second kappa shape index (κ2) is 5.99. The van der Waals surface area contributed by atoms with Crippen LogP contribution in [0.4, 0.5) is 0 Å². The lowest BCUT2D eigenvalue weighted by Crippen LogP contribution is -2.57. The molecule has 164 valence electrons. The van der Waals surface area contributed by atoms with Crippen LogP contribution in [0.1, 0.15) is 78.6 Å². The summed E-state index contributed by atoms with van der Waals surface area (Å²) in [4.78, 5) is 24.3. The third-order valence-electron chi connectivity index (χ3n) is 10.9. The van der Waals surface area contributed by atoms with E-state index < -0.39 is 5.60 Å². The molecule has 5 fully saturated rings. The maximum atomic E-state index is 12.2. The molecule has 0 aliphatic heterocycles.